The van der Waals surface area contributed by atoms with E-state index in [1.807, 2.05) is 25.1 Å². The van der Waals surface area contributed by atoms with Crippen LogP contribution in [0.1, 0.15) is 11.1 Å². The zero-order valence-corrected chi connectivity index (χ0v) is 11.6. The number of halogens is 2. The third-order valence-electron chi connectivity index (χ3n) is 2.69. The van der Waals surface area contributed by atoms with Crippen molar-refractivity contribution in [1.82, 2.24) is 0 Å². The van der Waals surface area contributed by atoms with Crippen LogP contribution in [-0.2, 0) is 6.54 Å². The van der Waals surface area contributed by atoms with Crippen LogP contribution in [0.3, 0.4) is 0 Å². The smallest absolute Gasteiger partial charge is 0.128 e. The minimum atomic E-state index is -0.225. The zero-order chi connectivity index (χ0) is 13.1. The van der Waals surface area contributed by atoms with Gasteiger partial charge in [0.25, 0.3) is 0 Å². The fraction of sp³-hybridized carbons (Fsp3) is 0.143. The van der Waals surface area contributed by atoms with Crippen molar-refractivity contribution in [2.75, 3.05) is 11.1 Å². The summed E-state index contributed by atoms with van der Waals surface area (Å²) in [6.07, 6.45) is 0. The van der Waals surface area contributed by atoms with Gasteiger partial charge in [0, 0.05) is 16.6 Å². The first-order chi connectivity index (χ1) is 8.56. The van der Waals surface area contributed by atoms with Crippen molar-refractivity contribution < 1.29 is 4.39 Å². The van der Waals surface area contributed by atoms with Gasteiger partial charge in [-0.15, -0.1) is 0 Å². The van der Waals surface area contributed by atoms with Gasteiger partial charge >= 0.3 is 0 Å². The molecule has 0 saturated carbocycles. The van der Waals surface area contributed by atoms with Crippen LogP contribution in [-0.4, -0.2) is 0 Å². The van der Waals surface area contributed by atoms with Crippen LogP contribution in [0.5, 0.6) is 0 Å². The minimum Gasteiger partial charge on any atom is -0.397 e. The van der Waals surface area contributed by atoms with Crippen molar-refractivity contribution in [2.45, 2.75) is 13.5 Å². The predicted octanol–water partition coefficient (Wildman–Crippen LogP) is 4.09. The monoisotopic (exact) mass is 308 g/mol. The average Bonchev–Trinajstić information content (AvgIpc) is 2.34. The van der Waals surface area contributed by atoms with E-state index in [0.29, 0.717) is 17.8 Å². The topological polar surface area (TPSA) is 38.0 Å². The van der Waals surface area contributed by atoms with Gasteiger partial charge in [0.15, 0.2) is 0 Å². The molecule has 0 bridgehead atoms. The highest BCUT2D eigenvalue weighted by molar-refractivity contribution is 9.10. The second-order valence-electron chi connectivity index (χ2n) is 4.18. The summed E-state index contributed by atoms with van der Waals surface area (Å²) in [5, 5.41) is 3.15. The van der Waals surface area contributed by atoms with E-state index in [-0.39, 0.29) is 5.82 Å². The van der Waals surface area contributed by atoms with Gasteiger partial charge in [0.05, 0.1) is 11.4 Å². The Bertz CT molecular complexity index is 518. The Balaban J connectivity index is 2.16. The number of rotatable bonds is 3. The number of nitrogen functional groups attached to an aromatic ring is 1. The number of nitrogens with two attached hydrogens (primary N) is 1. The molecular formula is C14H14BrFN2. The molecule has 94 valence electrons. The second kappa shape index (κ2) is 5.40. The number of aryl methyl sites for hydroxylation is 1. The first-order valence-electron chi connectivity index (χ1n) is 5.60. The van der Waals surface area contributed by atoms with Crippen molar-refractivity contribution in [3.05, 3.63) is 57.8 Å². The molecule has 0 radical (unpaired) electrons. The van der Waals surface area contributed by atoms with E-state index in [1.165, 1.54) is 6.07 Å². The molecular weight excluding hydrogens is 295 g/mol. The lowest BCUT2D eigenvalue weighted by atomic mass is 10.1. The van der Waals surface area contributed by atoms with Crippen LogP contribution < -0.4 is 11.1 Å². The van der Waals surface area contributed by atoms with Gasteiger partial charge in [-0.05, 0) is 42.8 Å². The quantitative estimate of drug-likeness (QED) is 0.838. The molecule has 2 aromatic carbocycles. The highest BCUT2D eigenvalue weighted by Crippen LogP contribution is 2.22. The minimum absolute atomic E-state index is 0.225. The van der Waals surface area contributed by atoms with Gasteiger partial charge in [0.2, 0.25) is 0 Å². The van der Waals surface area contributed by atoms with Gasteiger partial charge in [-0.3, -0.25) is 0 Å². The number of benzene rings is 2. The molecule has 0 unspecified atom stereocenters. The molecule has 0 aliphatic rings. The number of hydrogen-bond acceptors (Lipinski definition) is 2. The molecule has 0 saturated heterocycles. The van der Waals surface area contributed by atoms with Crippen molar-refractivity contribution >= 4 is 27.3 Å². The summed E-state index contributed by atoms with van der Waals surface area (Å²) in [6.45, 7) is 2.39. The summed E-state index contributed by atoms with van der Waals surface area (Å²) in [4.78, 5) is 0. The van der Waals surface area contributed by atoms with Crippen LogP contribution in [0.2, 0.25) is 0 Å². The Morgan fingerprint density at radius 2 is 2.00 bits per heavy atom. The lowest BCUT2D eigenvalue weighted by Gasteiger charge is -2.11. The van der Waals surface area contributed by atoms with Gasteiger partial charge < -0.3 is 11.1 Å². The van der Waals surface area contributed by atoms with Crippen LogP contribution in [0, 0.1) is 12.7 Å². The molecule has 0 aromatic heterocycles. The molecule has 0 amide bonds. The van der Waals surface area contributed by atoms with Crippen molar-refractivity contribution in [3.8, 4) is 0 Å². The van der Waals surface area contributed by atoms with Gasteiger partial charge in [-0.2, -0.15) is 0 Å². The molecule has 3 N–H and O–H groups in total. The molecule has 0 aliphatic heterocycles. The number of hydrogen-bond donors (Lipinski definition) is 2. The maximum absolute atomic E-state index is 13.6. The Hall–Kier alpha value is -1.55. The molecule has 2 nitrogen and oxygen atoms in total. The molecule has 2 aromatic rings. The molecule has 0 fully saturated rings. The van der Waals surface area contributed by atoms with Gasteiger partial charge in [0.1, 0.15) is 5.82 Å². The first kappa shape index (κ1) is 12.9. The van der Waals surface area contributed by atoms with E-state index in [9.17, 15) is 4.39 Å². The fourth-order valence-electron chi connectivity index (χ4n) is 1.69. The maximum atomic E-state index is 13.6. The highest BCUT2D eigenvalue weighted by Gasteiger charge is 2.04. The highest BCUT2D eigenvalue weighted by atomic mass is 79.9. The van der Waals surface area contributed by atoms with Crippen LogP contribution in [0.4, 0.5) is 15.8 Å². The van der Waals surface area contributed by atoms with E-state index in [4.69, 9.17) is 5.73 Å². The summed E-state index contributed by atoms with van der Waals surface area (Å²) in [7, 11) is 0. The molecule has 4 heteroatoms. The van der Waals surface area contributed by atoms with Crippen molar-refractivity contribution in [3.63, 3.8) is 0 Å². The van der Waals surface area contributed by atoms with Crippen LogP contribution in [0.15, 0.2) is 40.9 Å². The Morgan fingerprint density at radius 3 is 2.78 bits per heavy atom. The summed E-state index contributed by atoms with van der Waals surface area (Å²) in [6, 6.07) is 10.6. The molecule has 0 spiro atoms. The summed E-state index contributed by atoms with van der Waals surface area (Å²) >= 11 is 3.33. The predicted molar refractivity (Wildman–Crippen MR) is 77.0 cm³/mol. The van der Waals surface area contributed by atoms with E-state index in [1.54, 1.807) is 12.1 Å². The van der Waals surface area contributed by atoms with Gasteiger partial charge in [-0.25, -0.2) is 4.39 Å². The molecule has 18 heavy (non-hydrogen) atoms. The molecule has 0 aliphatic carbocycles. The van der Waals surface area contributed by atoms with E-state index in [2.05, 4.69) is 21.2 Å². The Morgan fingerprint density at radius 1 is 1.22 bits per heavy atom. The fourth-order valence-corrected chi connectivity index (χ4v) is 2.10. The largest absolute Gasteiger partial charge is 0.397 e. The Kier molecular flexibility index (Phi) is 3.87. The lowest BCUT2D eigenvalue weighted by Crippen LogP contribution is -2.04. The van der Waals surface area contributed by atoms with Crippen LogP contribution >= 0.6 is 15.9 Å². The SMILES string of the molecule is Cc1ccc(N)c(NCc2cc(Br)ccc2F)c1. The zero-order valence-electron chi connectivity index (χ0n) is 10.0. The number of anilines is 2. The van der Waals surface area contributed by atoms with Crippen LogP contribution in [0.25, 0.3) is 0 Å². The normalized spacial score (nSPS) is 10.4. The molecule has 0 atom stereocenters. The third-order valence-corrected chi connectivity index (χ3v) is 3.18. The van der Waals surface area contributed by atoms with E-state index >= 15 is 0 Å². The summed E-state index contributed by atoms with van der Waals surface area (Å²) in [5.74, 6) is -0.225. The van der Waals surface area contributed by atoms with Gasteiger partial charge in [-0.1, -0.05) is 22.0 Å². The van der Waals surface area contributed by atoms with Crippen molar-refractivity contribution in [2.24, 2.45) is 0 Å². The molecule has 0 heterocycles. The lowest BCUT2D eigenvalue weighted by molar-refractivity contribution is 0.612. The Labute approximate surface area is 114 Å². The number of nitrogens with one attached hydrogen (secondary N) is 1. The second-order valence-corrected chi connectivity index (χ2v) is 5.10. The molecule has 2 rings (SSSR count). The summed E-state index contributed by atoms with van der Waals surface area (Å²) < 4.78 is 14.4. The first-order valence-corrected chi connectivity index (χ1v) is 6.39. The van der Waals surface area contributed by atoms with E-state index in [0.717, 1.165) is 15.7 Å². The van der Waals surface area contributed by atoms with Crippen molar-refractivity contribution in [1.29, 1.82) is 0 Å². The third kappa shape index (κ3) is 3.01. The standard InChI is InChI=1S/C14H14BrFN2/c1-9-2-5-13(17)14(6-9)18-8-10-7-11(15)3-4-12(10)16/h2-7,18H,8,17H2,1H3. The van der Waals surface area contributed by atoms with E-state index < -0.39 is 0 Å². The summed E-state index contributed by atoms with van der Waals surface area (Å²) in [5.41, 5.74) is 9.06. The maximum Gasteiger partial charge on any atom is 0.128 e. The average molecular weight is 309 g/mol.